The van der Waals surface area contributed by atoms with Crippen molar-refractivity contribution in [2.24, 2.45) is 0 Å². The molecular weight excluding hydrogens is 292 g/mol. The molecule has 1 unspecified atom stereocenters. The van der Waals surface area contributed by atoms with Gasteiger partial charge in [0, 0.05) is 12.1 Å². The maximum absolute atomic E-state index is 3.96. The van der Waals surface area contributed by atoms with Gasteiger partial charge in [0.2, 0.25) is 0 Å². The van der Waals surface area contributed by atoms with Crippen LogP contribution in [0.5, 0.6) is 0 Å². The number of likely N-dealkylation sites (tertiary alicyclic amines) is 1. The summed E-state index contributed by atoms with van der Waals surface area (Å²) in [6.45, 7) is 5.99. The van der Waals surface area contributed by atoms with Crippen LogP contribution >= 0.6 is 0 Å². The quantitative estimate of drug-likeness (QED) is 0.811. The maximum atomic E-state index is 3.96. The van der Waals surface area contributed by atoms with Crippen LogP contribution in [-0.2, 0) is 6.42 Å². The molecule has 0 spiro atoms. The van der Waals surface area contributed by atoms with Crippen LogP contribution in [0.2, 0.25) is 0 Å². The van der Waals surface area contributed by atoms with E-state index < -0.39 is 0 Å². The average Bonchev–Trinajstić information content (AvgIpc) is 2.65. The Hall–Kier alpha value is -1.64. The summed E-state index contributed by atoms with van der Waals surface area (Å²) in [6.07, 6.45) is 4.84. The van der Waals surface area contributed by atoms with Gasteiger partial charge in [0.15, 0.2) is 0 Å². The molecule has 0 radical (unpaired) electrons. The fraction of sp³-hybridized carbons (Fsp3) is 0.455. The summed E-state index contributed by atoms with van der Waals surface area (Å²) >= 11 is 0. The van der Waals surface area contributed by atoms with Gasteiger partial charge >= 0.3 is 0 Å². The Kier molecular flexibility index (Phi) is 6.45. The van der Waals surface area contributed by atoms with Gasteiger partial charge in [0.05, 0.1) is 0 Å². The van der Waals surface area contributed by atoms with Gasteiger partial charge in [-0.15, -0.1) is 0 Å². The van der Waals surface area contributed by atoms with Crippen molar-refractivity contribution in [2.45, 2.75) is 44.7 Å². The van der Waals surface area contributed by atoms with Gasteiger partial charge in [-0.3, -0.25) is 0 Å². The van der Waals surface area contributed by atoms with E-state index in [-0.39, 0.29) is 0 Å². The van der Waals surface area contributed by atoms with Gasteiger partial charge in [-0.2, -0.15) is 0 Å². The minimum Gasteiger partial charge on any atom is -0.307 e. The van der Waals surface area contributed by atoms with Crippen LogP contribution in [0.3, 0.4) is 0 Å². The van der Waals surface area contributed by atoms with Gasteiger partial charge in [-0.05, 0) is 56.4 Å². The van der Waals surface area contributed by atoms with E-state index in [0.717, 1.165) is 6.42 Å². The molecule has 0 aromatic heterocycles. The minimum absolute atomic E-state index is 0.399. The summed E-state index contributed by atoms with van der Waals surface area (Å²) in [5.74, 6) is 0. The molecule has 1 fully saturated rings. The number of nitrogens with zero attached hydrogens (tertiary/aromatic N) is 1. The predicted molar refractivity (Wildman–Crippen MR) is 102 cm³/mol. The molecule has 0 amide bonds. The summed E-state index contributed by atoms with van der Waals surface area (Å²) in [6, 6.07) is 22.8. The van der Waals surface area contributed by atoms with Crippen molar-refractivity contribution >= 4 is 0 Å². The van der Waals surface area contributed by atoms with E-state index in [1.165, 1.54) is 50.0 Å². The third-order valence-electron chi connectivity index (χ3n) is 5.05. The highest BCUT2D eigenvalue weighted by Gasteiger charge is 2.22. The number of benzene rings is 2. The minimum atomic E-state index is 0.399. The maximum Gasteiger partial charge on any atom is 0.0363 e. The molecule has 0 aliphatic carbocycles. The Morgan fingerprint density at radius 3 is 2.21 bits per heavy atom. The molecule has 2 aromatic rings. The molecule has 2 aromatic carbocycles. The first kappa shape index (κ1) is 17.2. The van der Waals surface area contributed by atoms with Crippen molar-refractivity contribution in [1.29, 1.82) is 0 Å². The van der Waals surface area contributed by atoms with Crippen LogP contribution in [0.15, 0.2) is 60.7 Å². The van der Waals surface area contributed by atoms with Gasteiger partial charge in [0.25, 0.3) is 0 Å². The molecule has 0 bridgehead atoms. The molecule has 2 nitrogen and oxygen atoms in total. The molecular formula is C22H30N2. The fourth-order valence-corrected chi connectivity index (χ4v) is 3.73. The number of hydrogen-bond donors (Lipinski definition) is 1. The normalized spacial score (nSPS) is 17.7. The molecule has 1 aliphatic rings. The topological polar surface area (TPSA) is 15.3 Å². The van der Waals surface area contributed by atoms with Crippen LogP contribution in [0.4, 0.5) is 0 Å². The highest BCUT2D eigenvalue weighted by Crippen LogP contribution is 2.22. The van der Waals surface area contributed by atoms with Crippen molar-refractivity contribution in [1.82, 2.24) is 10.2 Å². The second-order valence-corrected chi connectivity index (χ2v) is 6.94. The molecule has 3 rings (SSSR count). The summed E-state index contributed by atoms with van der Waals surface area (Å²) in [7, 11) is 0. The van der Waals surface area contributed by atoms with Crippen molar-refractivity contribution in [3.05, 3.63) is 71.8 Å². The number of hydrogen-bond acceptors (Lipinski definition) is 2. The van der Waals surface area contributed by atoms with Crippen LogP contribution in [0, 0.1) is 0 Å². The van der Waals surface area contributed by atoms with Crippen LogP contribution in [0.25, 0.3) is 0 Å². The van der Waals surface area contributed by atoms with Gasteiger partial charge in [0.1, 0.15) is 0 Å². The highest BCUT2D eigenvalue weighted by atomic mass is 15.1. The third-order valence-corrected chi connectivity index (χ3v) is 5.05. The predicted octanol–water partition coefficient (Wildman–Crippen LogP) is 4.43. The Morgan fingerprint density at radius 2 is 1.58 bits per heavy atom. The lowest BCUT2D eigenvalue weighted by atomic mass is 9.96. The monoisotopic (exact) mass is 322 g/mol. The molecule has 24 heavy (non-hydrogen) atoms. The van der Waals surface area contributed by atoms with Crippen molar-refractivity contribution in [3.8, 4) is 0 Å². The van der Waals surface area contributed by atoms with E-state index in [9.17, 15) is 0 Å². The first-order valence-corrected chi connectivity index (χ1v) is 9.42. The van der Waals surface area contributed by atoms with E-state index in [2.05, 4.69) is 77.8 Å². The average molecular weight is 322 g/mol. The summed E-state index contributed by atoms with van der Waals surface area (Å²) in [5.41, 5.74) is 2.81. The second kappa shape index (κ2) is 9.00. The van der Waals surface area contributed by atoms with Crippen LogP contribution in [0.1, 0.15) is 43.4 Å². The van der Waals surface area contributed by atoms with Gasteiger partial charge in [-0.25, -0.2) is 0 Å². The largest absolute Gasteiger partial charge is 0.307 e. The first-order chi connectivity index (χ1) is 11.8. The molecule has 1 heterocycles. The Labute approximate surface area is 146 Å². The fourth-order valence-electron chi connectivity index (χ4n) is 3.73. The number of piperidine rings is 1. The Morgan fingerprint density at radius 1 is 0.958 bits per heavy atom. The van der Waals surface area contributed by atoms with Crippen molar-refractivity contribution < 1.29 is 0 Å². The Bertz CT molecular complexity index is 573. The van der Waals surface area contributed by atoms with E-state index in [4.69, 9.17) is 0 Å². The summed E-state index contributed by atoms with van der Waals surface area (Å²) in [4.78, 5) is 2.60. The zero-order chi connectivity index (χ0) is 16.6. The van der Waals surface area contributed by atoms with Crippen LogP contribution < -0.4 is 5.32 Å². The molecule has 0 saturated carbocycles. The van der Waals surface area contributed by atoms with Crippen LogP contribution in [-0.4, -0.2) is 30.6 Å². The smallest absolute Gasteiger partial charge is 0.0363 e. The lowest BCUT2D eigenvalue weighted by molar-refractivity contribution is 0.191. The van der Waals surface area contributed by atoms with E-state index in [1.54, 1.807) is 0 Å². The zero-order valence-corrected chi connectivity index (χ0v) is 14.8. The zero-order valence-electron chi connectivity index (χ0n) is 14.8. The number of nitrogens with one attached hydrogen (secondary N) is 1. The lowest BCUT2D eigenvalue weighted by Gasteiger charge is -2.34. The molecule has 1 saturated heterocycles. The summed E-state index contributed by atoms with van der Waals surface area (Å²) < 4.78 is 0. The van der Waals surface area contributed by atoms with Crippen molar-refractivity contribution in [3.63, 3.8) is 0 Å². The lowest BCUT2D eigenvalue weighted by Crippen LogP contribution is -2.44. The second-order valence-electron chi connectivity index (χ2n) is 6.94. The SMILES string of the molecule is CCCN1CCC(NC(Cc2ccccc2)c2ccccc2)CC1. The Balaban J connectivity index is 1.65. The highest BCUT2D eigenvalue weighted by molar-refractivity contribution is 5.24. The molecule has 128 valence electrons. The van der Waals surface area contributed by atoms with E-state index in [1.807, 2.05) is 0 Å². The number of rotatable bonds is 7. The third kappa shape index (κ3) is 4.93. The van der Waals surface area contributed by atoms with Crippen molar-refractivity contribution in [2.75, 3.05) is 19.6 Å². The van der Waals surface area contributed by atoms with E-state index in [0.29, 0.717) is 12.1 Å². The molecule has 2 heteroatoms. The summed E-state index contributed by atoms with van der Waals surface area (Å²) in [5, 5.41) is 3.96. The molecule has 1 aliphatic heterocycles. The van der Waals surface area contributed by atoms with E-state index >= 15 is 0 Å². The molecule has 1 N–H and O–H groups in total. The first-order valence-electron chi connectivity index (χ1n) is 9.42. The van der Waals surface area contributed by atoms with Gasteiger partial charge in [-0.1, -0.05) is 67.6 Å². The van der Waals surface area contributed by atoms with Gasteiger partial charge < -0.3 is 10.2 Å². The standard InChI is InChI=1S/C22H30N2/c1-2-15-24-16-13-21(14-17-24)23-22(20-11-7-4-8-12-20)18-19-9-5-3-6-10-19/h3-12,21-23H,2,13-18H2,1H3. The molecule has 1 atom stereocenters.